The average molecular weight is 1010 g/mol. The Hall–Kier alpha value is -6.65. The van der Waals surface area contributed by atoms with Gasteiger partial charge < -0.3 is 4.74 Å². The standard InChI is InChI=1S/C24BF20.C22H23OS/c26-5-1(6(27)14(35)21(42)13(5)34)25(2-7(28)15(36)22(43)16(37)8(2)29,3-9(30)17(38)23(44)18(39)10(3)31)4-11(32)19(40)24(45)20(41)12(4)33;1-22(2,3)23-18-14-16-21(17-15-18)24(19-10-6-4-7-11-19)20-12-8-5-9-13-20/h;4-17H,1-3H3/q-1;+1. The van der Waals surface area contributed by atoms with Crippen molar-refractivity contribution in [3.63, 3.8) is 0 Å². The van der Waals surface area contributed by atoms with Gasteiger partial charge in [0.15, 0.2) is 84.5 Å². The smallest absolute Gasteiger partial charge is 0.200 e. The third-order valence-electron chi connectivity index (χ3n) is 10.1. The topological polar surface area (TPSA) is 9.23 Å². The van der Waals surface area contributed by atoms with Crippen LogP contribution in [0, 0.1) is 116 Å². The summed E-state index contributed by atoms with van der Waals surface area (Å²) in [5.74, 6) is -70.5. The Labute approximate surface area is 378 Å². The summed E-state index contributed by atoms with van der Waals surface area (Å²) in [6.45, 7) is 6.21. The molecule has 1 nitrogen and oxygen atoms in total. The highest BCUT2D eigenvalue weighted by Crippen LogP contribution is 2.34. The molecule has 0 aliphatic rings. The first-order valence-corrected chi connectivity index (χ1v) is 20.3. The van der Waals surface area contributed by atoms with Gasteiger partial charge in [-0.3, -0.25) is 0 Å². The van der Waals surface area contributed by atoms with Gasteiger partial charge in [-0.15, -0.1) is 21.9 Å². The predicted molar refractivity (Wildman–Crippen MR) is 211 cm³/mol. The Morgan fingerprint density at radius 1 is 0.290 bits per heavy atom. The molecule has 0 saturated carbocycles. The summed E-state index contributed by atoms with van der Waals surface area (Å²) in [7, 11) is -0.102. The van der Waals surface area contributed by atoms with Crippen LogP contribution >= 0.6 is 0 Å². The fourth-order valence-corrected chi connectivity index (χ4v) is 9.48. The Kier molecular flexibility index (Phi) is 14.5. The van der Waals surface area contributed by atoms with Crippen LogP contribution in [0.2, 0.25) is 0 Å². The molecule has 69 heavy (non-hydrogen) atoms. The van der Waals surface area contributed by atoms with Gasteiger partial charge in [0.1, 0.15) is 64.0 Å². The van der Waals surface area contributed by atoms with Crippen LogP contribution in [0.25, 0.3) is 0 Å². The Balaban J connectivity index is 0.000000273. The summed E-state index contributed by atoms with van der Waals surface area (Å²) in [6.07, 6.45) is -7.22. The minimum Gasteiger partial charge on any atom is -0.488 e. The summed E-state index contributed by atoms with van der Waals surface area (Å²) >= 11 is 0. The fourth-order valence-electron chi connectivity index (χ4n) is 7.39. The maximum absolute atomic E-state index is 15.4. The van der Waals surface area contributed by atoms with Crippen LogP contribution in [-0.2, 0) is 10.9 Å². The molecule has 0 radical (unpaired) electrons. The number of benzene rings is 7. The Morgan fingerprint density at radius 3 is 0.710 bits per heavy atom. The third-order valence-corrected chi connectivity index (χ3v) is 12.4. The zero-order chi connectivity index (χ0) is 51.3. The molecule has 0 unspecified atom stereocenters. The molecule has 0 fully saturated rings. The lowest BCUT2D eigenvalue weighted by atomic mass is 9.12. The Bertz CT molecular complexity index is 2690. The minimum absolute atomic E-state index is 0.102. The van der Waals surface area contributed by atoms with E-state index in [4.69, 9.17) is 4.74 Å². The van der Waals surface area contributed by atoms with Crippen molar-refractivity contribution in [1.29, 1.82) is 0 Å². The quantitative estimate of drug-likeness (QED) is 0.0485. The summed E-state index contributed by atoms with van der Waals surface area (Å²) in [5, 5.41) is 0. The van der Waals surface area contributed by atoms with E-state index in [2.05, 4.69) is 106 Å². The molecule has 0 amide bonds. The second-order valence-corrected chi connectivity index (χ2v) is 17.4. The second kappa shape index (κ2) is 19.4. The number of hydrogen-bond acceptors (Lipinski definition) is 1. The zero-order valence-corrected chi connectivity index (χ0v) is 35.4. The zero-order valence-electron chi connectivity index (χ0n) is 34.5. The van der Waals surface area contributed by atoms with Crippen LogP contribution in [0.5, 0.6) is 5.75 Å². The van der Waals surface area contributed by atoms with Gasteiger partial charge in [0.05, 0.1) is 10.9 Å². The van der Waals surface area contributed by atoms with E-state index in [-0.39, 0.29) is 16.5 Å². The molecule has 0 spiro atoms. The minimum atomic E-state index is -7.22. The molecule has 0 bridgehead atoms. The lowest BCUT2D eigenvalue weighted by Crippen LogP contribution is -2.81. The lowest BCUT2D eigenvalue weighted by Gasteiger charge is -2.44. The van der Waals surface area contributed by atoms with Crippen LogP contribution in [0.15, 0.2) is 99.6 Å². The first kappa shape index (κ1) is 51.7. The molecule has 7 aromatic carbocycles. The van der Waals surface area contributed by atoms with Gasteiger partial charge in [-0.05, 0) is 69.3 Å². The number of ether oxygens (including phenoxy) is 1. The number of rotatable bonds is 8. The van der Waals surface area contributed by atoms with Crippen molar-refractivity contribution in [1.82, 2.24) is 0 Å². The van der Waals surface area contributed by atoms with E-state index >= 15 is 35.1 Å². The first-order chi connectivity index (χ1) is 32.2. The van der Waals surface area contributed by atoms with Crippen molar-refractivity contribution in [3.05, 3.63) is 201 Å². The summed E-state index contributed by atoms with van der Waals surface area (Å²) in [4.78, 5) is 3.95. The van der Waals surface area contributed by atoms with Crippen molar-refractivity contribution < 1.29 is 92.5 Å². The highest BCUT2D eigenvalue weighted by atomic mass is 32.2. The normalized spacial score (nSPS) is 11.8. The molecule has 0 saturated heterocycles. The maximum atomic E-state index is 15.4. The van der Waals surface area contributed by atoms with Crippen LogP contribution in [0.1, 0.15) is 20.8 Å². The van der Waals surface area contributed by atoms with Gasteiger partial charge in [0, 0.05) is 0 Å². The molecular formula is C46H23BF20OS. The highest BCUT2D eigenvalue weighted by Gasteiger charge is 2.52. The van der Waals surface area contributed by atoms with Gasteiger partial charge in [0.2, 0.25) is 0 Å². The molecule has 23 heteroatoms. The lowest BCUT2D eigenvalue weighted by molar-refractivity contribution is 0.131. The molecule has 7 rings (SSSR count). The predicted octanol–water partition coefficient (Wildman–Crippen LogP) is 11.8. The molecule has 0 N–H and O–H groups in total. The van der Waals surface area contributed by atoms with Crippen molar-refractivity contribution in [2.75, 3.05) is 0 Å². The third kappa shape index (κ3) is 8.84. The Morgan fingerprint density at radius 2 is 0.493 bits per heavy atom. The molecule has 0 atom stereocenters. The second-order valence-electron chi connectivity index (χ2n) is 15.4. The molecular weight excluding hydrogens is 991 g/mol. The largest absolute Gasteiger partial charge is 0.488 e. The van der Waals surface area contributed by atoms with Gasteiger partial charge in [0.25, 0.3) is 0 Å². The van der Waals surface area contributed by atoms with Crippen molar-refractivity contribution in [3.8, 4) is 5.75 Å². The van der Waals surface area contributed by atoms with Gasteiger partial charge in [-0.2, -0.15) is 0 Å². The number of halogens is 20. The fraction of sp³-hybridized carbons (Fsp3) is 0.0870. The molecule has 0 aliphatic heterocycles. The van der Waals surface area contributed by atoms with Crippen LogP contribution in [-0.4, -0.2) is 11.7 Å². The average Bonchev–Trinajstić information content (AvgIpc) is 3.32. The van der Waals surface area contributed by atoms with Crippen molar-refractivity contribution in [2.45, 2.75) is 41.1 Å². The molecule has 7 aromatic rings. The van der Waals surface area contributed by atoms with Crippen LogP contribution in [0.4, 0.5) is 87.8 Å². The number of hydrogen-bond donors (Lipinski definition) is 0. The maximum Gasteiger partial charge on any atom is 0.200 e. The monoisotopic (exact) mass is 1010 g/mol. The molecule has 0 aliphatic carbocycles. The van der Waals surface area contributed by atoms with Gasteiger partial charge >= 0.3 is 0 Å². The molecule has 0 heterocycles. The van der Waals surface area contributed by atoms with Gasteiger partial charge in [-0.25, -0.2) is 87.8 Å². The van der Waals surface area contributed by atoms with Crippen LogP contribution < -0.4 is 26.6 Å². The summed E-state index contributed by atoms with van der Waals surface area (Å²) in [6, 6.07) is 29.9. The van der Waals surface area contributed by atoms with Gasteiger partial charge in [-0.1, -0.05) is 36.4 Å². The first-order valence-electron chi connectivity index (χ1n) is 19.1. The molecule has 362 valence electrons. The van der Waals surface area contributed by atoms with Crippen LogP contribution in [0.3, 0.4) is 0 Å². The van der Waals surface area contributed by atoms with E-state index in [0.717, 1.165) is 5.75 Å². The van der Waals surface area contributed by atoms with Crippen molar-refractivity contribution in [2.24, 2.45) is 0 Å². The van der Waals surface area contributed by atoms with E-state index in [1.165, 1.54) is 14.7 Å². The molecule has 0 aromatic heterocycles. The summed E-state index contributed by atoms with van der Waals surface area (Å²) in [5.41, 5.74) is -14.5. The van der Waals surface area contributed by atoms with E-state index in [0.29, 0.717) is 0 Å². The van der Waals surface area contributed by atoms with E-state index in [9.17, 15) is 52.7 Å². The SMILES string of the molecule is CC(C)(C)Oc1ccc([S+](c2ccccc2)c2ccccc2)cc1.Fc1c(F)c(F)c([B-](c2c(F)c(F)c(F)c(F)c2F)(c2c(F)c(F)c(F)c(F)c2F)c2c(F)c(F)c(F)c(F)c2F)c(F)c1F. The highest BCUT2D eigenvalue weighted by molar-refractivity contribution is 7.97. The van der Waals surface area contributed by atoms with E-state index in [1.807, 2.05) is 0 Å². The summed E-state index contributed by atoms with van der Waals surface area (Å²) < 4.78 is 300. The van der Waals surface area contributed by atoms with E-state index < -0.39 is 144 Å². The van der Waals surface area contributed by atoms with E-state index in [1.54, 1.807) is 0 Å². The van der Waals surface area contributed by atoms with Crippen molar-refractivity contribution >= 4 is 38.9 Å².